The summed E-state index contributed by atoms with van der Waals surface area (Å²) in [5.41, 5.74) is 0.597. The number of carbonyl (C=O) groups excluding carboxylic acids is 1. The molecule has 0 aliphatic rings. The van der Waals surface area contributed by atoms with Crippen LogP contribution in [-0.4, -0.2) is 15.9 Å². The molecule has 0 atom stereocenters. The van der Waals surface area contributed by atoms with Gasteiger partial charge in [0.15, 0.2) is 16.2 Å². The second-order valence-corrected chi connectivity index (χ2v) is 6.00. The van der Waals surface area contributed by atoms with Gasteiger partial charge in [-0.3, -0.25) is 9.59 Å². The summed E-state index contributed by atoms with van der Waals surface area (Å²) in [6.45, 7) is 0. The van der Waals surface area contributed by atoms with E-state index in [0.717, 1.165) is 16.3 Å². The third kappa shape index (κ3) is 2.29. The molecule has 0 bridgehead atoms. The number of hydrogen-bond acceptors (Lipinski definition) is 6. The molecule has 0 spiro atoms. The third-order valence-corrected chi connectivity index (χ3v) is 4.46. The number of rotatable bonds is 2. The molecule has 6 heteroatoms. The number of phenols is 1. The van der Waals surface area contributed by atoms with Crippen LogP contribution in [-0.2, 0) is 0 Å². The molecular formula is C17H9NO4S. The largest absolute Gasteiger partial charge is 0.508 e. The van der Waals surface area contributed by atoms with E-state index in [1.165, 1.54) is 29.5 Å². The van der Waals surface area contributed by atoms with Gasteiger partial charge in [-0.05, 0) is 30.3 Å². The SMILES string of the molecule is O=C(c1cc(=O)c2cc(O)ccc2o1)c1nc2ccccc2s1. The average Bonchev–Trinajstić information content (AvgIpc) is 2.98. The highest BCUT2D eigenvalue weighted by Gasteiger charge is 2.18. The first kappa shape index (κ1) is 13.7. The van der Waals surface area contributed by atoms with Crippen LogP contribution in [0.1, 0.15) is 15.6 Å². The van der Waals surface area contributed by atoms with Crippen LogP contribution in [0.5, 0.6) is 5.75 Å². The van der Waals surface area contributed by atoms with Gasteiger partial charge in [-0.15, -0.1) is 11.3 Å². The molecule has 0 radical (unpaired) electrons. The lowest BCUT2D eigenvalue weighted by Gasteiger charge is -2.01. The van der Waals surface area contributed by atoms with E-state index < -0.39 is 5.78 Å². The lowest BCUT2D eigenvalue weighted by Crippen LogP contribution is -2.07. The van der Waals surface area contributed by atoms with Gasteiger partial charge in [0.05, 0.1) is 15.6 Å². The van der Waals surface area contributed by atoms with Crippen LogP contribution in [0, 0.1) is 0 Å². The Kier molecular flexibility index (Phi) is 2.99. The van der Waals surface area contributed by atoms with Gasteiger partial charge in [-0.25, -0.2) is 4.98 Å². The molecule has 2 heterocycles. The van der Waals surface area contributed by atoms with Crippen molar-refractivity contribution in [1.29, 1.82) is 0 Å². The van der Waals surface area contributed by atoms with E-state index in [1.54, 1.807) is 0 Å². The summed E-state index contributed by atoms with van der Waals surface area (Å²) in [5, 5.41) is 9.93. The van der Waals surface area contributed by atoms with Crippen LogP contribution in [0.15, 0.2) is 57.7 Å². The van der Waals surface area contributed by atoms with Crippen molar-refractivity contribution in [3.8, 4) is 5.75 Å². The Hall–Kier alpha value is -2.99. The fraction of sp³-hybridized carbons (Fsp3) is 0. The Morgan fingerprint density at radius 1 is 1.13 bits per heavy atom. The van der Waals surface area contributed by atoms with Crippen molar-refractivity contribution in [1.82, 2.24) is 4.98 Å². The number of ketones is 1. The zero-order chi connectivity index (χ0) is 16.0. The molecule has 5 nitrogen and oxygen atoms in total. The molecule has 4 aromatic rings. The molecule has 2 aromatic heterocycles. The molecule has 0 aliphatic heterocycles. The van der Waals surface area contributed by atoms with E-state index in [9.17, 15) is 14.7 Å². The molecule has 0 unspecified atom stereocenters. The van der Waals surface area contributed by atoms with Crippen LogP contribution in [0.25, 0.3) is 21.2 Å². The molecule has 112 valence electrons. The molecule has 0 saturated heterocycles. The quantitative estimate of drug-likeness (QED) is 0.572. The first-order valence-corrected chi connectivity index (χ1v) is 7.60. The number of benzene rings is 2. The minimum absolute atomic E-state index is 0.0324. The summed E-state index contributed by atoms with van der Waals surface area (Å²) in [7, 11) is 0. The number of para-hydroxylation sites is 1. The summed E-state index contributed by atoms with van der Waals surface area (Å²) >= 11 is 1.25. The van der Waals surface area contributed by atoms with Gasteiger partial charge in [0, 0.05) is 6.07 Å². The molecule has 4 rings (SSSR count). The summed E-state index contributed by atoms with van der Waals surface area (Å²) in [6, 6.07) is 12.7. The fourth-order valence-corrected chi connectivity index (χ4v) is 3.24. The minimum atomic E-state index is -0.432. The Balaban J connectivity index is 1.86. The summed E-state index contributed by atoms with van der Waals surface area (Å²) in [6.07, 6.45) is 0. The Labute approximate surface area is 133 Å². The van der Waals surface area contributed by atoms with E-state index in [2.05, 4.69) is 4.98 Å². The maximum atomic E-state index is 12.5. The predicted molar refractivity (Wildman–Crippen MR) is 87.2 cm³/mol. The Bertz CT molecular complexity index is 1090. The van der Waals surface area contributed by atoms with Crippen LogP contribution < -0.4 is 5.43 Å². The van der Waals surface area contributed by atoms with Gasteiger partial charge in [0.2, 0.25) is 0 Å². The van der Waals surface area contributed by atoms with E-state index in [4.69, 9.17) is 4.42 Å². The highest BCUT2D eigenvalue weighted by molar-refractivity contribution is 7.20. The second-order valence-electron chi connectivity index (χ2n) is 4.97. The van der Waals surface area contributed by atoms with Crippen molar-refractivity contribution in [2.24, 2.45) is 0 Å². The zero-order valence-electron chi connectivity index (χ0n) is 11.6. The molecule has 0 saturated carbocycles. The van der Waals surface area contributed by atoms with Gasteiger partial charge in [-0.2, -0.15) is 0 Å². The van der Waals surface area contributed by atoms with Gasteiger partial charge < -0.3 is 9.52 Å². The van der Waals surface area contributed by atoms with Crippen molar-refractivity contribution >= 4 is 38.3 Å². The number of hydrogen-bond donors (Lipinski definition) is 1. The Morgan fingerprint density at radius 3 is 2.78 bits per heavy atom. The van der Waals surface area contributed by atoms with E-state index in [1.807, 2.05) is 24.3 Å². The van der Waals surface area contributed by atoms with Gasteiger partial charge in [-0.1, -0.05) is 12.1 Å². The van der Waals surface area contributed by atoms with Gasteiger partial charge in [0.25, 0.3) is 5.78 Å². The molecule has 23 heavy (non-hydrogen) atoms. The van der Waals surface area contributed by atoms with Crippen LogP contribution in [0.4, 0.5) is 0 Å². The number of phenolic OH excluding ortho intramolecular Hbond substituents is 1. The lowest BCUT2D eigenvalue weighted by atomic mass is 10.2. The van der Waals surface area contributed by atoms with E-state index in [-0.39, 0.29) is 32.9 Å². The lowest BCUT2D eigenvalue weighted by molar-refractivity contribution is 0.101. The van der Waals surface area contributed by atoms with Crippen LogP contribution >= 0.6 is 11.3 Å². The second kappa shape index (κ2) is 5.03. The fourth-order valence-electron chi connectivity index (χ4n) is 2.33. The number of fused-ring (bicyclic) bond motifs is 2. The van der Waals surface area contributed by atoms with Gasteiger partial charge >= 0.3 is 0 Å². The number of nitrogens with zero attached hydrogens (tertiary/aromatic N) is 1. The molecular weight excluding hydrogens is 314 g/mol. The molecule has 0 amide bonds. The number of aromatic nitrogens is 1. The monoisotopic (exact) mass is 323 g/mol. The molecule has 0 fully saturated rings. The van der Waals surface area contributed by atoms with Crippen molar-refractivity contribution in [3.05, 3.63) is 69.5 Å². The third-order valence-electron chi connectivity index (χ3n) is 3.42. The number of aromatic hydroxyl groups is 1. The first-order valence-electron chi connectivity index (χ1n) is 6.79. The summed E-state index contributed by atoms with van der Waals surface area (Å²) < 4.78 is 6.41. The Morgan fingerprint density at radius 2 is 1.96 bits per heavy atom. The van der Waals surface area contributed by atoms with Crippen molar-refractivity contribution in [3.63, 3.8) is 0 Å². The predicted octanol–water partition coefficient (Wildman–Crippen LogP) is 3.34. The highest BCUT2D eigenvalue weighted by Crippen LogP contribution is 2.25. The molecule has 2 aromatic carbocycles. The van der Waals surface area contributed by atoms with Crippen molar-refractivity contribution in [2.45, 2.75) is 0 Å². The molecule has 1 N–H and O–H groups in total. The minimum Gasteiger partial charge on any atom is -0.508 e. The van der Waals surface area contributed by atoms with Crippen molar-refractivity contribution < 1.29 is 14.3 Å². The summed E-state index contributed by atoms with van der Waals surface area (Å²) in [4.78, 5) is 28.9. The first-order chi connectivity index (χ1) is 11.1. The smallest absolute Gasteiger partial charge is 0.256 e. The number of thiazole rings is 1. The maximum Gasteiger partial charge on any atom is 0.256 e. The molecule has 0 aliphatic carbocycles. The topological polar surface area (TPSA) is 80.4 Å². The summed E-state index contributed by atoms with van der Waals surface area (Å²) in [5.74, 6) is -0.527. The highest BCUT2D eigenvalue weighted by atomic mass is 32.1. The van der Waals surface area contributed by atoms with Gasteiger partial charge in [0.1, 0.15) is 11.3 Å². The van der Waals surface area contributed by atoms with Crippen LogP contribution in [0.2, 0.25) is 0 Å². The normalized spacial score (nSPS) is 11.1. The van der Waals surface area contributed by atoms with Crippen molar-refractivity contribution in [2.75, 3.05) is 0 Å². The van der Waals surface area contributed by atoms with E-state index >= 15 is 0 Å². The number of carbonyl (C=O) groups is 1. The standard InChI is InChI=1S/C17H9NO4S/c19-9-5-6-13-10(7-9)12(20)8-14(22-13)16(21)17-18-11-3-1-2-4-15(11)23-17/h1-8,19H. The van der Waals surface area contributed by atoms with E-state index in [0.29, 0.717) is 0 Å². The zero-order valence-corrected chi connectivity index (χ0v) is 12.5. The maximum absolute atomic E-state index is 12.5. The average molecular weight is 323 g/mol. The van der Waals surface area contributed by atoms with Crippen LogP contribution in [0.3, 0.4) is 0 Å².